The van der Waals surface area contributed by atoms with E-state index < -0.39 is 16.8 Å². The van der Waals surface area contributed by atoms with E-state index in [2.05, 4.69) is 5.32 Å². The molecule has 3 N–H and O–H groups in total. The highest BCUT2D eigenvalue weighted by Gasteiger charge is 2.41. The van der Waals surface area contributed by atoms with Gasteiger partial charge in [-0.3, -0.25) is 13.4 Å². The van der Waals surface area contributed by atoms with Gasteiger partial charge in [0.2, 0.25) is 0 Å². The number of halogens is 3. The van der Waals surface area contributed by atoms with Crippen LogP contribution in [0, 0.1) is 5.82 Å². The Kier molecular flexibility index (Phi) is 6.42. The molecule has 1 aliphatic rings. The van der Waals surface area contributed by atoms with Crippen molar-refractivity contribution < 1.29 is 13.5 Å². The van der Waals surface area contributed by atoms with E-state index in [4.69, 9.17) is 11.6 Å². The molecule has 0 radical (unpaired) electrons. The van der Waals surface area contributed by atoms with E-state index >= 15 is 0 Å². The molecule has 2 aromatic rings. The van der Waals surface area contributed by atoms with Crippen molar-refractivity contribution in [1.82, 2.24) is 5.32 Å². The Balaban J connectivity index is 0.00000225. The maximum atomic E-state index is 13.4. The standard InChI is InChI=1S/C16H19ClFN3O2S.ClH/c1-19-9-4-10-20-15-5-2-3-6-16(15)21(24(20,22)23)14-8-7-12(18)11-13(14)17;/h2-3,5-8,11,19,22-23H,4,9-10H2,1H3;1H. The molecule has 0 amide bonds. The Morgan fingerprint density at radius 3 is 2.44 bits per heavy atom. The first-order chi connectivity index (χ1) is 11.5. The number of rotatable bonds is 5. The van der Waals surface area contributed by atoms with Crippen molar-refractivity contribution in [1.29, 1.82) is 0 Å². The van der Waals surface area contributed by atoms with Crippen LogP contribution < -0.4 is 13.9 Å². The number of nitrogens with one attached hydrogen (secondary N) is 1. The first kappa shape index (κ1) is 20.1. The lowest BCUT2D eigenvalue weighted by Crippen LogP contribution is -2.33. The van der Waals surface area contributed by atoms with E-state index in [0.717, 1.165) is 13.0 Å². The molecule has 1 heterocycles. The third-order valence-electron chi connectivity index (χ3n) is 3.83. The van der Waals surface area contributed by atoms with Crippen molar-refractivity contribution >= 4 is 52.0 Å². The Labute approximate surface area is 159 Å². The molecule has 0 aromatic heterocycles. The Morgan fingerprint density at radius 1 is 1.12 bits per heavy atom. The number of hydrogen-bond acceptors (Lipinski definition) is 5. The van der Waals surface area contributed by atoms with Gasteiger partial charge < -0.3 is 5.32 Å². The highest BCUT2D eigenvalue weighted by atomic mass is 35.5. The van der Waals surface area contributed by atoms with Crippen LogP contribution in [0.4, 0.5) is 21.5 Å². The van der Waals surface area contributed by atoms with Crippen LogP contribution in [-0.4, -0.2) is 29.2 Å². The van der Waals surface area contributed by atoms with Gasteiger partial charge in [0, 0.05) is 6.54 Å². The molecule has 0 atom stereocenters. The van der Waals surface area contributed by atoms with Gasteiger partial charge in [0.15, 0.2) is 0 Å². The summed E-state index contributed by atoms with van der Waals surface area (Å²) in [5.74, 6) is -0.474. The maximum Gasteiger partial charge on any atom is 0.124 e. The zero-order valence-electron chi connectivity index (χ0n) is 13.5. The monoisotopic (exact) mass is 407 g/mol. The Bertz CT molecular complexity index is 751. The van der Waals surface area contributed by atoms with Gasteiger partial charge in [-0.15, -0.1) is 12.4 Å². The molecule has 0 unspecified atom stereocenters. The van der Waals surface area contributed by atoms with Crippen molar-refractivity contribution in [3.8, 4) is 0 Å². The smallest absolute Gasteiger partial charge is 0.124 e. The summed E-state index contributed by atoms with van der Waals surface area (Å²) in [7, 11) is -1.48. The molecule has 25 heavy (non-hydrogen) atoms. The van der Waals surface area contributed by atoms with Crippen LogP contribution in [-0.2, 0) is 0 Å². The summed E-state index contributed by atoms with van der Waals surface area (Å²) in [6.45, 7) is 1.22. The zero-order valence-corrected chi connectivity index (χ0v) is 15.9. The summed E-state index contributed by atoms with van der Waals surface area (Å²) in [6.07, 6.45) is 0.742. The molecule has 0 fully saturated rings. The lowest BCUT2D eigenvalue weighted by atomic mass is 10.2. The van der Waals surface area contributed by atoms with Gasteiger partial charge >= 0.3 is 0 Å². The van der Waals surface area contributed by atoms with Crippen LogP contribution in [0.25, 0.3) is 0 Å². The Hall–Kier alpha value is -1.22. The lowest BCUT2D eigenvalue weighted by Gasteiger charge is -2.44. The molecular formula is C16H20Cl2FN3O2S. The van der Waals surface area contributed by atoms with Gasteiger partial charge in [-0.2, -0.15) is 0 Å². The normalized spacial score (nSPS) is 16.4. The summed E-state index contributed by atoms with van der Waals surface area (Å²) < 4.78 is 38.1. The quantitative estimate of drug-likeness (QED) is 0.605. The van der Waals surface area contributed by atoms with Gasteiger partial charge in [0.1, 0.15) is 5.82 Å². The van der Waals surface area contributed by atoms with E-state index in [1.807, 2.05) is 25.2 Å². The molecule has 0 saturated heterocycles. The van der Waals surface area contributed by atoms with Gasteiger partial charge in [0.05, 0.1) is 22.1 Å². The van der Waals surface area contributed by atoms with Gasteiger partial charge in [-0.05, 0) is 61.3 Å². The SMILES string of the molecule is CNCCCN1c2ccccc2N(c2ccc(F)cc2Cl)S1(O)O.Cl. The highest BCUT2D eigenvalue weighted by Crippen LogP contribution is 2.64. The van der Waals surface area contributed by atoms with Crippen LogP contribution >= 0.6 is 35.0 Å². The van der Waals surface area contributed by atoms with Crippen LogP contribution in [0.2, 0.25) is 5.02 Å². The minimum atomic E-state index is -3.32. The summed E-state index contributed by atoms with van der Waals surface area (Å²) >= 11 is 6.16. The van der Waals surface area contributed by atoms with E-state index in [-0.39, 0.29) is 17.4 Å². The highest BCUT2D eigenvalue weighted by molar-refractivity contribution is 8.27. The van der Waals surface area contributed by atoms with Crippen LogP contribution in [0.5, 0.6) is 0 Å². The molecule has 2 aromatic carbocycles. The van der Waals surface area contributed by atoms with Crippen molar-refractivity contribution in [3.05, 3.63) is 53.3 Å². The minimum Gasteiger partial charge on any atom is -0.320 e. The van der Waals surface area contributed by atoms with Crippen LogP contribution in [0.3, 0.4) is 0 Å². The van der Waals surface area contributed by atoms with Crippen molar-refractivity contribution in [2.75, 3.05) is 28.7 Å². The Morgan fingerprint density at radius 2 is 1.80 bits per heavy atom. The molecule has 0 saturated carbocycles. The van der Waals surface area contributed by atoms with E-state index in [1.165, 1.54) is 22.5 Å². The molecule has 5 nitrogen and oxygen atoms in total. The fraction of sp³-hybridized carbons (Fsp3) is 0.250. The molecular weight excluding hydrogens is 388 g/mol. The second-order valence-corrected chi connectivity index (χ2v) is 7.62. The summed E-state index contributed by atoms with van der Waals surface area (Å²) in [4.78, 5) is 0. The third-order valence-corrected chi connectivity index (χ3v) is 5.98. The topological polar surface area (TPSA) is 59.0 Å². The molecule has 1 aliphatic heterocycles. The minimum absolute atomic E-state index is 0. The summed E-state index contributed by atoms with van der Waals surface area (Å²) in [5, 5.41) is 3.17. The largest absolute Gasteiger partial charge is 0.320 e. The molecule has 9 heteroatoms. The van der Waals surface area contributed by atoms with Gasteiger partial charge in [-0.1, -0.05) is 23.7 Å². The van der Waals surface area contributed by atoms with E-state index in [9.17, 15) is 13.5 Å². The fourth-order valence-corrected chi connectivity index (χ4v) is 4.89. The molecule has 0 bridgehead atoms. The first-order valence-corrected chi connectivity index (χ1v) is 9.35. The predicted octanol–water partition coefficient (Wildman–Crippen LogP) is 5.05. The number of fused-ring (bicyclic) bond motifs is 1. The van der Waals surface area contributed by atoms with Gasteiger partial charge in [0.25, 0.3) is 0 Å². The number of para-hydroxylation sites is 2. The third kappa shape index (κ3) is 3.67. The number of anilines is 3. The zero-order chi connectivity index (χ0) is 17.3. The lowest BCUT2D eigenvalue weighted by molar-refractivity contribution is 0.483. The second-order valence-electron chi connectivity index (χ2n) is 5.43. The van der Waals surface area contributed by atoms with Crippen LogP contribution in [0.1, 0.15) is 6.42 Å². The molecule has 138 valence electrons. The molecule has 0 spiro atoms. The number of benzene rings is 2. The van der Waals surface area contributed by atoms with Crippen molar-refractivity contribution in [2.24, 2.45) is 0 Å². The van der Waals surface area contributed by atoms with Crippen molar-refractivity contribution in [3.63, 3.8) is 0 Å². The van der Waals surface area contributed by atoms with E-state index in [0.29, 0.717) is 23.6 Å². The second kappa shape index (κ2) is 7.99. The average Bonchev–Trinajstić information content (AvgIpc) is 2.76. The number of nitrogens with zero attached hydrogens (tertiary/aromatic N) is 2. The first-order valence-electron chi connectivity index (χ1n) is 7.51. The summed E-state index contributed by atoms with van der Waals surface area (Å²) in [6, 6.07) is 11.2. The summed E-state index contributed by atoms with van der Waals surface area (Å²) in [5.41, 5.74) is 1.71. The maximum absolute atomic E-state index is 13.4. The average molecular weight is 408 g/mol. The van der Waals surface area contributed by atoms with Crippen molar-refractivity contribution in [2.45, 2.75) is 6.42 Å². The van der Waals surface area contributed by atoms with Gasteiger partial charge in [-0.25, -0.2) is 8.70 Å². The fourth-order valence-electron chi connectivity index (χ4n) is 2.76. The van der Waals surface area contributed by atoms with E-state index in [1.54, 1.807) is 10.4 Å². The predicted molar refractivity (Wildman–Crippen MR) is 106 cm³/mol. The number of hydrogen-bond donors (Lipinski definition) is 3. The van der Waals surface area contributed by atoms with Crippen LogP contribution in [0.15, 0.2) is 42.5 Å². The molecule has 3 rings (SSSR count). The molecule has 0 aliphatic carbocycles.